The molecule has 0 radical (unpaired) electrons. The summed E-state index contributed by atoms with van der Waals surface area (Å²) < 4.78 is 4.80. The predicted molar refractivity (Wildman–Crippen MR) is 56.7 cm³/mol. The van der Waals surface area contributed by atoms with Gasteiger partial charge in [-0.1, -0.05) is 6.07 Å². The van der Waals surface area contributed by atoms with Crippen molar-refractivity contribution in [3.8, 4) is 0 Å². The minimum absolute atomic E-state index is 0.153. The Morgan fingerprint density at radius 2 is 2.40 bits per heavy atom. The van der Waals surface area contributed by atoms with E-state index in [-0.39, 0.29) is 11.9 Å². The summed E-state index contributed by atoms with van der Waals surface area (Å²) in [6, 6.07) is 2.12. The lowest BCUT2D eigenvalue weighted by Crippen LogP contribution is -2.21. The molecule has 0 bridgehead atoms. The van der Waals surface area contributed by atoms with Crippen LogP contribution in [-0.2, 0) is 16.0 Å². The molecular formula is C12H15NO2. The lowest BCUT2D eigenvalue weighted by Gasteiger charge is -2.22. The second-order valence-electron chi connectivity index (χ2n) is 4.03. The third kappa shape index (κ3) is 1.87. The summed E-state index contributed by atoms with van der Waals surface area (Å²) in [6.07, 6.45) is 4.74. The van der Waals surface area contributed by atoms with E-state index in [1.165, 1.54) is 12.7 Å². The molecule has 15 heavy (non-hydrogen) atoms. The molecule has 0 aliphatic heterocycles. The molecule has 1 atom stereocenters. The standard InChI is InChI=1S/C12H15NO2/c1-8-6-9-4-3-5-10(12(14)15-2)11(9)13-7-8/h6-7,10H,3-5H2,1-2H3. The van der Waals surface area contributed by atoms with Crippen LogP contribution < -0.4 is 0 Å². The van der Waals surface area contributed by atoms with Crippen molar-refractivity contribution in [2.75, 3.05) is 7.11 Å². The highest BCUT2D eigenvalue weighted by atomic mass is 16.5. The lowest BCUT2D eigenvalue weighted by atomic mass is 9.86. The van der Waals surface area contributed by atoms with Crippen molar-refractivity contribution >= 4 is 5.97 Å². The van der Waals surface area contributed by atoms with Crippen LogP contribution in [0.15, 0.2) is 12.3 Å². The number of ether oxygens (including phenoxy) is 1. The molecule has 2 rings (SSSR count). The van der Waals surface area contributed by atoms with Crippen molar-refractivity contribution in [2.45, 2.75) is 32.1 Å². The van der Waals surface area contributed by atoms with Gasteiger partial charge in [0.25, 0.3) is 0 Å². The number of carbonyl (C=O) groups excluding carboxylic acids is 1. The Balaban J connectivity index is 2.38. The first-order valence-corrected chi connectivity index (χ1v) is 5.25. The second-order valence-corrected chi connectivity index (χ2v) is 4.03. The predicted octanol–water partition coefficient (Wildman–Crippen LogP) is 1.98. The number of pyridine rings is 1. The smallest absolute Gasteiger partial charge is 0.314 e. The first-order valence-electron chi connectivity index (χ1n) is 5.25. The fourth-order valence-corrected chi connectivity index (χ4v) is 2.16. The molecule has 1 heterocycles. The molecule has 0 fully saturated rings. The van der Waals surface area contributed by atoms with Gasteiger partial charge in [-0.05, 0) is 37.3 Å². The zero-order valence-corrected chi connectivity index (χ0v) is 9.12. The molecule has 0 amide bonds. The van der Waals surface area contributed by atoms with Crippen LogP contribution in [0.1, 0.15) is 35.6 Å². The Morgan fingerprint density at radius 3 is 3.13 bits per heavy atom. The molecule has 3 nitrogen and oxygen atoms in total. The summed E-state index contributed by atoms with van der Waals surface area (Å²) in [7, 11) is 1.44. The zero-order chi connectivity index (χ0) is 10.8. The Hall–Kier alpha value is -1.38. The number of fused-ring (bicyclic) bond motifs is 1. The van der Waals surface area contributed by atoms with E-state index >= 15 is 0 Å². The SMILES string of the molecule is COC(=O)C1CCCc2cc(C)cnc21. The van der Waals surface area contributed by atoms with Gasteiger partial charge in [0.1, 0.15) is 0 Å². The maximum Gasteiger partial charge on any atom is 0.314 e. The summed E-state index contributed by atoms with van der Waals surface area (Å²) >= 11 is 0. The molecule has 0 spiro atoms. The minimum atomic E-state index is -0.160. The molecule has 80 valence electrons. The largest absolute Gasteiger partial charge is 0.469 e. The summed E-state index contributed by atoms with van der Waals surface area (Å²) in [6.45, 7) is 2.02. The summed E-state index contributed by atoms with van der Waals surface area (Å²) in [5.74, 6) is -0.313. The first-order chi connectivity index (χ1) is 7.22. The quantitative estimate of drug-likeness (QED) is 0.658. The monoisotopic (exact) mass is 205 g/mol. The van der Waals surface area contributed by atoms with E-state index < -0.39 is 0 Å². The van der Waals surface area contributed by atoms with Crippen LogP contribution in [0.25, 0.3) is 0 Å². The van der Waals surface area contributed by atoms with Crippen LogP contribution in [0.4, 0.5) is 0 Å². The van der Waals surface area contributed by atoms with Crippen LogP contribution in [0.2, 0.25) is 0 Å². The Bertz CT molecular complexity index is 387. The molecule has 1 aromatic rings. The maximum absolute atomic E-state index is 11.6. The van der Waals surface area contributed by atoms with Gasteiger partial charge >= 0.3 is 5.97 Å². The Morgan fingerprint density at radius 1 is 1.60 bits per heavy atom. The molecule has 0 saturated carbocycles. The Kier molecular flexibility index (Phi) is 2.71. The lowest BCUT2D eigenvalue weighted by molar-refractivity contribution is -0.142. The highest BCUT2D eigenvalue weighted by molar-refractivity contribution is 5.78. The number of hydrogen-bond acceptors (Lipinski definition) is 3. The number of methoxy groups -OCH3 is 1. The normalized spacial score (nSPS) is 19.5. The van der Waals surface area contributed by atoms with Crippen molar-refractivity contribution in [2.24, 2.45) is 0 Å². The van der Waals surface area contributed by atoms with Gasteiger partial charge in [0.2, 0.25) is 0 Å². The van der Waals surface area contributed by atoms with Crippen LogP contribution in [0, 0.1) is 6.92 Å². The van der Waals surface area contributed by atoms with Crippen molar-refractivity contribution < 1.29 is 9.53 Å². The van der Waals surface area contributed by atoms with Gasteiger partial charge in [0, 0.05) is 6.20 Å². The van der Waals surface area contributed by atoms with Crippen molar-refractivity contribution in [3.05, 3.63) is 29.1 Å². The van der Waals surface area contributed by atoms with Crippen LogP contribution >= 0.6 is 0 Å². The molecular weight excluding hydrogens is 190 g/mol. The van der Waals surface area contributed by atoms with Gasteiger partial charge in [-0.2, -0.15) is 0 Å². The molecule has 1 aliphatic rings. The van der Waals surface area contributed by atoms with Crippen LogP contribution in [0.5, 0.6) is 0 Å². The fourth-order valence-electron chi connectivity index (χ4n) is 2.16. The van der Waals surface area contributed by atoms with E-state index in [4.69, 9.17) is 4.74 Å². The van der Waals surface area contributed by atoms with Gasteiger partial charge in [-0.3, -0.25) is 9.78 Å². The van der Waals surface area contributed by atoms with Crippen molar-refractivity contribution in [3.63, 3.8) is 0 Å². The number of rotatable bonds is 1. The summed E-state index contributed by atoms with van der Waals surface area (Å²) in [4.78, 5) is 15.9. The second kappa shape index (κ2) is 4.01. The topological polar surface area (TPSA) is 39.2 Å². The third-order valence-corrected chi connectivity index (χ3v) is 2.89. The third-order valence-electron chi connectivity index (χ3n) is 2.89. The number of carbonyl (C=O) groups is 1. The van der Waals surface area contributed by atoms with E-state index in [9.17, 15) is 4.79 Å². The number of aromatic nitrogens is 1. The van der Waals surface area contributed by atoms with Gasteiger partial charge in [0.15, 0.2) is 0 Å². The molecule has 3 heteroatoms. The number of esters is 1. The van der Waals surface area contributed by atoms with Crippen molar-refractivity contribution in [1.29, 1.82) is 0 Å². The molecule has 0 aromatic carbocycles. The number of aryl methyl sites for hydroxylation is 2. The number of nitrogens with zero attached hydrogens (tertiary/aromatic N) is 1. The van der Waals surface area contributed by atoms with E-state index in [0.717, 1.165) is 30.5 Å². The molecule has 0 N–H and O–H groups in total. The first kappa shape index (κ1) is 10.1. The van der Waals surface area contributed by atoms with Crippen molar-refractivity contribution in [1.82, 2.24) is 4.98 Å². The van der Waals surface area contributed by atoms with Crippen LogP contribution in [0.3, 0.4) is 0 Å². The molecule has 1 unspecified atom stereocenters. The average Bonchev–Trinajstić information content (AvgIpc) is 2.26. The Labute approximate surface area is 89.5 Å². The van der Waals surface area contributed by atoms with Gasteiger partial charge in [-0.15, -0.1) is 0 Å². The number of hydrogen-bond donors (Lipinski definition) is 0. The summed E-state index contributed by atoms with van der Waals surface area (Å²) in [5.41, 5.74) is 3.27. The van der Waals surface area contributed by atoms with E-state index in [1.807, 2.05) is 13.1 Å². The van der Waals surface area contributed by atoms with Gasteiger partial charge in [-0.25, -0.2) is 0 Å². The van der Waals surface area contributed by atoms with Gasteiger partial charge in [0.05, 0.1) is 18.7 Å². The molecule has 0 saturated heterocycles. The highest BCUT2D eigenvalue weighted by Gasteiger charge is 2.28. The molecule has 1 aromatic heterocycles. The minimum Gasteiger partial charge on any atom is -0.469 e. The summed E-state index contributed by atoms with van der Waals surface area (Å²) in [5, 5.41) is 0. The van der Waals surface area contributed by atoms with E-state index in [0.29, 0.717) is 0 Å². The van der Waals surface area contributed by atoms with E-state index in [1.54, 1.807) is 0 Å². The highest BCUT2D eigenvalue weighted by Crippen LogP contribution is 2.31. The maximum atomic E-state index is 11.6. The molecule has 1 aliphatic carbocycles. The zero-order valence-electron chi connectivity index (χ0n) is 9.12. The fraction of sp³-hybridized carbons (Fsp3) is 0.500. The van der Waals surface area contributed by atoms with Crippen LogP contribution in [-0.4, -0.2) is 18.1 Å². The van der Waals surface area contributed by atoms with Gasteiger partial charge < -0.3 is 4.74 Å². The van der Waals surface area contributed by atoms with E-state index in [2.05, 4.69) is 11.1 Å². The average molecular weight is 205 g/mol.